The maximum absolute atomic E-state index is 10.1. The average Bonchev–Trinajstić information content (AvgIpc) is 3.09. The molecule has 0 spiro atoms. The van der Waals surface area contributed by atoms with Crippen LogP contribution in [-0.4, -0.2) is 54.0 Å². The van der Waals surface area contributed by atoms with Crippen LogP contribution in [-0.2, 0) is 4.74 Å². The molecule has 0 bridgehead atoms. The molecule has 1 aromatic carbocycles. The van der Waals surface area contributed by atoms with Crippen molar-refractivity contribution >= 4 is 0 Å². The fraction of sp³-hybridized carbons (Fsp3) is 0.714. The van der Waals surface area contributed by atoms with Crippen LogP contribution in [0.15, 0.2) is 30.3 Å². The molecule has 4 heteroatoms. The number of hydrogen-bond donors (Lipinski definition) is 2. The molecule has 1 heterocycles. The lowest BCUT2D eigenvalue weighted by Gasteiger charge is -2.61. The summed E-state index contributed by atoms with van der Waals surface area (Å²) < 4.78 is 5.87. The number of ether oxygens (including phenoxy) is 1. The zero-order valence-corrected chi connectivity index (χ0v) is 16.2. The first kappa shape index (κ1) is 18.8. The van der Waals surface area contributed by atoms with Gasteiger partial charge in [0.1, 0.15) is 0 Å². The number of aliphatic hydroxyl groups is 1. The van der Waals surface area contributed by atoms with Gasteiger partial charge in [-0.25, -0.2) is 0 Å². The molecule has 1 aliphatic carbocycles. The van der Waals surface area contributed by atoms with E-state index < -0.39 is 0 Å². The summed E-state index contributed by atoms with van der Waals surface area (Å²) in [5.41, 5.74) is 1.11. The molecule has 0 radical (unpaired) electrons. The highest BCUT2D eigenvalue weighted by Crippen LogP contribution is 2.51. The second-order valence-corrected chi connectivity index (χ2v) is 8.32. The first-order valence-corrected chi connectivity index (χ1v) is 9.72. The summed E-state index contributed by atoms with van der Waals surface area (Å²) in [6.07, 6.45) is 2.27. The van der Waals surface area contributed by atoms with Crippen molar-refractivity contribution in [3.8, 4) is 0 Å². The largest absolute Gasteiger partial charge is 0.394 e. The summed E-state index contributed by atoms with van der Waals surface area (Å²) in [5.74, 6) is 0. The monoisotopic (exact) mass is 346 g/mol. The molecule has 0 amide bonds. The number of aliphatic hydroxyl groups excluding tert-OH is 1. The molecule has 1 saturated carbocycles. The molecular weight excluding hydrogens is 312 g/mol. The van der Waals surface area contributed by atoms with Crippen LogP contribution in [0.2, 0.25) is 0 Å². The Morgan fingerprint density at radius 2 is 2.04 bits per heavy atom. The van der Waals surface area contributed by atoms with E-state index in [0.29, 0.717) is 12.1 Å². The van der Waals surface area contributed by atoms with Crippen molar-refractivity contribution in [2.45, 2.75) is 64.3 Å². The van der Waals surface area contributed by atoms with E-state index in [1.807, 2.05) is 6.92 Å². The molecule has 3 rings (SSSR count). The minimum atomic E-state index is -0.219. The minimum absolute atomic E-state index is 0.0454. The van der Waals surface area contributed by atoms with E-state index >= 15 is 0 Å². The van der Waals surface area contributed by atoms with Gasteiger partial charge in [0.2, 0.25) is 0 Å². The number of rotatable bonds is 7. The minimum Gasteiger partial charge on any atom is -0.394 e. The second kappa shape index (κ2) is 7.36. The van der Waals surface area contributed by atoms with E-state index in [4.69, 9.17) is 4.74 Å². The third-order valence-electron chi connectivity index (χ3n) is 6.74. The van der Waals surface area contributed by atoms with Crippen molar-refractivity contribution in [2.24, 2.45) is 5.41 Å². The molecule has 1 aromatic rings. The van der Waals surface area contributed by atoms with Crippen LogP contribution in [0.4, 0.5) is 0 Å². The predicted octanol–water partition coefficient (Wildman–Crippen LogP) is 2.98. The van der Waals surface area contributed by atoms with Crippen LogP contribution in [0.1, 0.15) is 52.1 Å². The van der Waals surface area contributed by atoms with Crippen molar-refractivity contribution in [1.29, 1.82) is 0 Å². The summed E-state index contributed by atoms with van der Waals surface area (Å²) in [6, 6.07) is 11.6. The van der Waals surface area contributed by atoms with E-state index in [1.165, 1.54) is 5.56 Å². The Balaban J connectivity index is 1.61. The van der Waals surface area contributed by atoms with Crippen LogP contribution >= 0.6 is 0 Å². The van der Waals surface area contributed by atoms with Gasteiger partial charge in [-0.2, -0.15) is 0 Å². The molecule has 25 heavy (non-hydrogen) atoms. The van der Waals surface area contributed by atoms with Crippen LogP contribution < -0.4 is 5.32 Å². The highest BCUT2D eigenvalue weighted by Gasteiger charge is 2.61. The standard InChI is InChI=1S/C21H34N2O2/c1-5-25-19-13-21(15-24,20(19,3)4)22-18-11-12-23(14-18)16(2)17-9-7-6-8-10-17/h6-10,16,18-19,22,24H,5,11-15H2,1-4H3/t16-,18-,19+,21+/m0/s1. The molecule has 0 unspecified atom stereocenters. The van der Waals surface area contributed by atoms with Crippen molar-refractivity contribution in [3.05, 3.63) is 35.9 Å². The zero-order valence-electron chi connectivity index (χ0n) is 16.2. The van der Waals surface area contributed by atoms with Crippen molar-refractivity contribution in [2.75, 3.05) is 26.3 Å². The van der Waals surface area contributed by atoms with Crippen molar-refractivity contribution in [3.63, 3.8) is 0 Å². The van der Waals surface area contributed by atoms with Gasteiger partial charge < -0.3 is 15.2 Å². The quantitative estimate of drug-likeness (QED) is 0.797. The van der Waals surface area contributed by atoms with Crippen molar-refractivity contribution < 1.29 is 9.84 Å². The van der Waals surface area contributed by atoms with E-state index in [1.54, 1.807) is 0 Å². The summed E-state index contributed by atoms with van der Waals surface area (Å²) in [7, 11) is 0. The molecule has 1 aliphatic heterocycles. The van der Waals surface area contributed by atoms with E-state index in [-0.39, 0.29) is 23.7 Å². The van der Waals surface area contributed by atoms with Gasteiger partial charge in [0.05, 0.1) is 18.2 Å². The molecule has 2 fully saturated rings. The topological polar surface area (TPSA) is 44.7 Å². The number of likely N-dealkylation sites (tertiary alicyclic amines) is 1. The lowest BCUT2D eigenvalue weighted by molar-refractivity contribution is -0.180. The van der Waals surface area contributed by atoms with Crippen molar-refractivity contribution in [1.82, 2.24) is 10.2 Å². The van der Waals surface area contributed by atoms with Gasteiger partial charge in [-0.05, 0) is 32.3 Å². The summed E-state index contributed by atoms with van der Waals surface area (Å²) in [4.78, 5) is 2.55. The first-order valence-electron chi connectivity index (χ1n) is 9.72. The molecular formula is C21H34N2O2. The Bertz CT molecular complexity index is 562. The average molecular weight is 347 g/mol. The zero-order chi connectivity index (χ0) is 18.1. The fourth-order valence-corrected chi connectivity index (χ4v) is 4.63. The Morgan fingerprint density at radius 3 is 2.64 bits per heavy atom. The highest BCUT2D eigenvalue weighted by molar-refractivity contribution is 5.19. The van der Waals surface area contributed by atoms with Crippen LogP contribution in [0.3, 0.4) is 0 Å². The number of nitrogens with zero attached hydrogens (tertiary/aromatic N) is 1. The van der Waals surface area contributed by atoms with Gasteiger partial charge in [-0.1, -0.05) is 44.2 Å². The Kier molecular flexibility index (Phi) is 5.54. The van der Waals surface area contributed by atoms with Gasteiger partial charge in [0, 0.05) is 37.2 Å². The van der Waals surface area contributed by atoms with Gasteiger partial charge in [0.25, 0.3) is 0 Å². The lowest BCUT2D eigenvalue weighted by Crippen LogP contribution is -2.75. The Morgan fingerprint density at radius 1 is 1.32 bits per heavy atom. The summed E-state index contributed by atoms with van der Waals surface area (Å²) in [5, 5.41) is 14.0. The maximum atomic E-state index is 10.1. The predicted molar refractivity (Wildman–Crippen MR) is 102 cm³/mol. The first-order chi connectivity index (χ1) is 11.9. The van der Waals surface area contributed by atoms with Gasteiger partial charge in [0.15, 0.2) is 0 Å². The highest BCUT2D eigenvalue weighted by atomic mass is 16.5. The second-order valence-electron chi connectivity index (χ2n) is 8.32. The molecule has 4 atom stereocenters. The summed E-state index contributed by atoms with van der Waals surface area (Å²) in [6.45, 7) is 11.8. The van der Waals surface area contributed by atoms with Crippen LogP contribution in [0.25, 0.3) is 0 Å². The van der Waals surface area contributed by atoms with Gasteiger partial charge in [-0.3, -0.25) is 4.90 Å². The van der Waals surface area contributed by atoms with E-state index in [2.05, 4.69) is 61.3 Å². The van der Waals surface area contributed by atoms with Crippen LogP contribution in [0.5, 0.6) is 0 Å². The third-order valence-corrected chi connectivity index (χ3v) is 6.74. The molecule has 4 nitrogen and oxygen atoms in total. The lowest BCUT2D eigenvalue weighted by atomic mass is 9.54. The summed E-state index contributed by atoms with van der Waals surface area (Å²) >= 11 is 0. The smallest absolute Gasteiger partial charge is 0.0663 e. The normalized spacial score (nSPS) is 33.2. The third kappa shape index (κ3) is 3.37. The Hall–Kier alpha value is -0.940. The maximum Gasteiger partial charge on any atom is 0.0663 e. The number of hydrogen-bond acceptors (Lipinski definition) is 4. The molecule has 0 aromatic heterocycles. The molecule has 2 N–H and O–H groups in total. The number of benzene rings is 1. The molecule has 140 valence electrons. The number of nitrogens with one attached hydrogen (secondary N) is 1. The van der Waals surface area contributed by atoms with E-state index in [9.17, 15) is 5.11 Å². The van der Waals surface area contributed by atoms with Gasteiger partial charge >= 0.3 is 0 Å². The van der Waals surface area contributed by atoms with Gasteiger partial charge in [-0.15, -0.1) is 0 Å². The Labute approximate surface area is 152 Å². The fourth-order valence-electron chi connectivity index (χ4n) is 4.63. The molecule has 2 aliphatic rings. The molecule has 1 saturated heterocycles. The van der Waals surface area contributed by atoms with E-state index in [0.717, 1.165) is 32.5 Å². The SMILES string of the molecule is CCO[C@@H]1C[C@](CO)(N[C@H]2CCN([C@@H](C)c3ccccc3)C2)C1(C)C. The van der Waals surface area contributed by atoms with Crippen LogP contribution in [0, 0.1) is 5.41 Å².